The van der Waals surface area contributed by atoms with Crippen molar-refractivity contribution >= 4 is 18.6 Å². The van der Waals surface area contributed by atoms with Gasteiger partial charge in [0, 0.05) is 24.1 Å². The second-order valence-corrected chi connectivity index (χ2v) is 10.1. The van der Waals surface area contributed by atoms with Crippen molar-refractivity contribution < 1.29 is 14.1 Å². The highest BCUT2D eigenvalue weighted by Crippen LogP contribution is 2.43. The molecule has 4 rings (SSSR count). The first kappa shape index (κ1) is 21.9. The zero-order chi connectivity index (χ0) is 22.3. The predicted molar refractivity (Wildman–Crippen MR) is 126 cm³/mol. The Morgan fingerprint density at radius 3 is 2.03 bits per heavy atom. The summed E-state index contributed by atoms with van der Waals surface area (Å²) in [5.74, 6) is 0.0577. The Bertz CT molecular complexity index is 955. The number of hydrogen-bond donors (Lipinski definition) is 0. The molecule has 1 fully saturated rings. The highest BCUT2D eigenvalue weighted by atomic mass is 16.7. The summed E-state index contributed by atoms with van der Waals surface area (Å²) in [6.07, 6.45) is 3.01. The molecule has 2 heterocycles. The predicted octanol–water partition coefficient (Wildman–Crippen LogP) is 5.32. The van der Waals surface area contributed by atoms with E-state index in [1.807, 2.05) is 53.4 Å². The third-order valence-corrected chi connectivity index (χ3v) is 6.82. The van der Waals surface area contributed by atoms with Gasteiger partial charge in [0.2, 0.25) is 0 Å². The summed E-state index contributed by atoms with van der Waals surface area (Å²) in [5, 5.41) is 0. The molecule has 2 aliphatic rings. The van der Waals surface area contributed by atoms with Gasteiger partial charge in [0.05, 0.1) is 11.2 Å². The van der Waals surface area contributed by atoms with Crippen molar-refractivity contribution in [3.05, 3.63) is 77.9 Å². The lowest BCUT2D eigenvalue weighted by atomic mass is 9.66. The Morgan fingerprint density at radius 2 is 1.45 bits per heavy atom. The van der Waals surface area contributed by atoms with E-state index < -0.39 is 0 Å². The Labute approximate surface area is 186 Å². The quantitative estimate of drug-likeness (QED) is 0.632. The van der Waals surface area contributed by atoms with Crippen LogP contribution in [0.4, 0.5) is 0 Å². The number of carbonyl (C=O) groups excluding carboxylic acids is 1. The van der Waals surface area contributed by atoms with Crippen molar-refractivity contribution in [1.82, 2.24) is 4.90 Å². The number of benzene rings is 2. The second kappa shape index (κ2) is 7.96. The third-order valence-electron chi connectivity index (χ3n) is 6.82. The average molecular weight is 417 g/mol. The summed E-state index contributed by atoms with van der Waals surface area (Å²) < 4.78 is 12.6. The highest BCUT2D eigenvalue weighted by Gasteiger charge is 2.53. The van der Waals surface area contributed by atoms with Crippen LogP contribution >= 0.6 is 0 Å². The van der Waals surface area contributed by atoms with Crippen LogP contribution in [0.25, 0.3) is 5.57 Å². The number of rotatable bonds is 4. The van der Waals surface area contributed by atoms with E-state index in [0.29, 0.717) is 19.4 Å². The van der Waals surface area contributed by atoms with Crippen LogP contribution in [0.3, 0.4) is 0 Å². The number of amides is 1. The van der Waals surface area contributed by atoms with E-state index in [9.17, 15) is 4.79 Å². The molecule has 0 aliphatic carbocycles. The van der Waals surface area contributed by atoms with Crippen molar-refractivity contribution in [2.45, 2.75) is 52.1 Å². The molecule has 0 spiro atoms. The Hall–Kier alpha value is -2.37. The molecule has 5 heteroatoms. The minimum Gasteiger partial charge on any atom is -0.403 e. The van der Waals surface area contributed by atoms with Gasteiger partial charge in [0.1, 0.15) is 0 Å². The molecule has 31 heavy (non-hydrogen) atoms. The molecule has 0 saturated carbocycles. The van der Waals surface area contributed by atoms with E-state index in [0.717, 1.165) is 16.7 Å². The van der Waals surface area contributed by atoms with Crippen molar-refractivity contribution in [2.75, 3.05) is 13.1 Å². The van der Waals surface area contributed by atoms with Gasteiger partial charge in [-0.1, -0.05) is 61.5 Å². The van der Waals surface area contributed by atoms with Crippen LogP contribution in [-0.4, -0.2) is 42.2 Å². The summed E-state index contributed by atoms with van der Waals surface area (Å²) in [5.41, 5.74) is 2.02. The van der Waals surface area contributed by atoms with Gasteiger partial charge in [-0.05, 0) is 57.3 Å². The van der Waals surface area contributed by atoms with Crippen LogP contribution in [-0.2, 0) is 9.31 Å². The first-order valence-electron chi connectivity index (χ1n) is 11.1. The van der Waals surface area contributed by atoms with Crippen LogP contribution in [0.1, 0.15) is 50.5 Å². The SMILES string of the molecule is CC1(C)OB(C[C@@]2(C)C=C(c3ccccc3)CN(C(=O)c3ccccc3)C2)OC1(C)C. The summed E-state index contributed by atoms with van der Waals surface area (Å²) >= 11 is 0. The van der Waals surface area contributed by atoms with Gasteiger partial charge in [-0.3, -0.25) is 4.79 Å². The Balaban J connectivity index is 1.64. The molecule has 2 aliphatic heterocycles. The Kier molecular flexibility index (Phi) is 5.61. The van der Waals surface area contributed by atoms with E-state index in [1.54, 1.807) is 0 Å². The molecule has 1 amide bonds. The first-order chi connectivity index (χ1) is 14.6. The maximum absolute atomic E-state index is 13.3. The fraction of sp³-hybridized carbons (Fsp3) is 0.423. The minimum atomic E-state index is -0.367. The first-order valence-corrected chi connectivity index (χ1v) is 11.1. The van der Waals surface area contributed by atoms with E-state index in [-0.39, 0.29) is 29.6 Å². The standard InChI is InChI=1S/C26H32BNO3/c1-24(2)25(3,4)31-27(30-24)18-26(5)16-22(20-12-8-6-9-13-20)17-28(19-26)23(29)21-14-10-7-11-15-21/h6-16H,17-19H2,1-5H3/t26-/m1/s1. The molecule has 1 saturated heterocycles. The van der Waals surface area contributed by atoms with Crippen LogP contribution in [0, 0.1) is 5.41 Å². The number of carbonyl (C=O) groups is 1. The molecule has 0 bridgehead atoms. The van der Waals surface area contributed by atoms with Crippen LogP contribution in [0.15, 0.2) is 66.7 Å². The van der Waals surface area contributed by atoms with Crippen LogP contribution in [0.5, 0.6) is 0 Å². The van der Waals surface area contributed by atoms with Gasteiger partial charge >= 0.3 is 7.12 Å². The molecular weight excluding hydrogens is 385 g/mol. The van der Waals surface area contributed by atoms with Crippen molar-refractivity contribution in [2.24, 2.45) is 5.41 Å². The van der Waals surface area contributed by atoms with E-state index in [1.165, 1.54) is 0 Å². The van der Waals surface area contributed by atoms with Gasteiger partial charge in [0.25, 0.3) is 5.91 Å². The molecule has 0 aromatic heterocycles. The smallest absolute Gasteiger partial charge is 0.403 e. The monoisotopic (exact) mass is 417 g/mol. The molecule has 0 radical (unpaired) electrons. The van der Waals surface area contributed by atoms with Crippen LogP contribution < -0.4 is 0 Å². The fourth-order valence-corrected chi connectivity index (χ4v) is 4.50. The highest BCUT2D eigenvalue weighted by molar-refractivity contribution is 6.45. The van der Waals surface area contributed by atoms with Gasteiger partial charge in [-0.15, -0.1) is 0 Å². The van der Waals surface area contributed by atoms with Gasteiger partial charge in [-0.25, -0.2) is 0 Å². The average Bonchev–Trinajstić information content (AvgIpc) is 2.93. The maximum atomic E-state index is 13.3. The lowest BCUT2D eigenvalue weighted by Crippen LogP contribution is -2.45. The molecule has 0 N–H and O–H groups in total. The lowest BCUT2D eigenvalue weighted by molar-refractivity contribution is 0.00578. The molecule has 2 aromatic rings. The third kappa shape index (κ3) is 4.48. The number of hydrogen-bond acceptors (Lipinski definition) is 3. The van der Waals surface area contributed by atoms with E-state index >= 15 is 0 Å². The molecule has 1 atom stereocenters. The summed E-state index contributed by atoms with van der Waals surface area (Å²) in [4.78, 5) is 15.3. The molecular formula is C26H32BNO3. The summed E-state index contributed by atoms with van der Waals surface area (Å²) in [7, 11) is -0.310. The van der Waals surface area contributed by atoms with E-state index in [4.69, 9.17) is 9.31 Å². The largest absolute Gasteiger partial charge is 0.458 e. The normalized spacial score (nSPS) is 24.7. The zero-order valence-corrected chi connectivity index (χ0v) is 19.2. The Morgan fingerprint density at radius 1 is 0.903 bits per heavy atom. The maximum Gasteiger partial charge on any atom is 0.458 e. The molecule has 0 unspecified atom stereocenters. The fourth-order valence-electron chi connectivity index (χ4n) is 4.50. The molecule has 2 aromatic carbocycles. The summed E-state index contributed by atoms with van der Waals surface area (Å²) in [6, 6.07) is 19.8. The minimum absolute atomic E-state index is 0.0577. The van der Waals surface area contributed by atoms with E-state index in [2.05, 4.69) is 52.8 Å². The summed E-state index contributed by atoms with van der Waals surface area (Å²) in [6.45, 7) is 11.7. The van der Waals surface area contributed by atoms with Crippen molar-refractivity contribution in [3.63, 3.8) is 0 Å². The van der Waals surface area contributed by atoms with Gasteiger partial charge in [-0.2, -0.15) is 0 Å². The second-order valence-electron chi connectivity index (χ2n) is 10.1. The van der Waals surface area contributed by atoms with Gasteiger partial charge < -0.3 is 14.2 Å². The van der Waals surface area contributed by atoms with Crippen LogP contribution in [0.2, 0.25) is 6.32 Å². The topological polar surface area (TPSA) is 38.8 Å². The van der Waals surface area contributed by atoms with Gasteiger partial charge in [0.15, 0.2) is 0 Å². The van der Waals surface area contributed by atoms with Crippen molar-refractivity contribution in [3.8, 4) is 0 Å². The molecule has 4 nitrogen and oxygen atoms in total. The zero-order valence-electron chi connectivity index (χ0n) is 19.2. The number of nitrogens with zero attached hydrogens (tertiary/aromatic N) is 1. The molecule has 162 valence electrons. The van der Waals surface area contributed by atoms with Crippen molar-refractivity contribution in [1.29, 1.82) is 0 Å². The lowest BCUT2D eigenvalue weighted by Gasteiger charge is -2.40.